The van der Waals surface area contributed by atoms with E-state index < -0.39 is 0 Å². The van der Waals surface area contributed by atoms with Gasteiger partial charge in [-0.25, -0.2) is 9.97 Å². The fraction of sp³-hybridized carbons (Fsp3) is 0.263. The Bertz CT molecular complexity index is 2040. The number of carbonyl (C=O) groups excluding carboxylic acids is 2. The third kappa shape index (κ3) is 4.91. The molecule has 8 heteroatoms. The summed E-state index contributed by atoms with van der Waals surface area (Å²) in [5.74, 6) is 1.08. The molecule has 6 nitrogen and oxygen atoms in total. The highest BCUT2D eigenvalue weighted by Gasteiger charge is 2.25. The van der Waals surface area contributed by atoms with E-state index in [2.05, 4.69) is 26.0 Å². The fourth-order valence-electron chi connectivity index (χ4n) is 6.97. The minimum absolute atomic E-state index is 0.0925. The van der Waals surface area contributed by atoms with Crippen molar-refractivity contribution in [1.29, 1.82) is 0 Å². The lowest BCUT2D eigenvalue weighted by Crippen LogP contribution is -2.12. The number of aryl methyl sites for hydroxylation is 2. The second-order valence-electron chi connectivity index (χ2n) is 13.1. The predicted octanol–water partition coefficient (Wildman–Crippen LogP) is 8.45. The van der Waals surface area contributed by atoms with Crippen molar-refractivity contribution in [3.05, 3.63) is 104 Å². The predicted molar refractivity (Wildman–Crippen MR) is 189 cm³/mol. The molecule has 0 radical (unpaired) electrons. The SMILES string of the molecule is CC1CCc2nc3sc(C(=O)c4ccc(-c5ccc(C(=O)c6sc7nc8c(cc7c6N)CC(C)CC8)cc5)cc4)c(N)c3cc2C1. The van der Waals surface area contributed by atoms with E-state index >= 15 is 0 Å². The normalized spacial score (nSPS) is 17.6. The van der Waals surface area contributed by atoms with Gasteiger partial charge in [-0.05, 0) is 84.7 Å². The molecule has 0 fully saturated rings. The van der Waals surface area contributed by atoms with Gasteiger partial charge in [0, 0.05) is 33.3 Å². The molecule has 2 aliphatic carbocycles. The zero-order valence-corrected chi connectivity index (χ0v) is 27.5. The number of hydrogen-bond acceptors (Lipinski definition) is 8. The molecule has 0 saturated carbocycles. The van der Waals surface area contributed by atoms with Crippen LogP contribution in [0.15, 0.2) is 60.7 Å². The summed E-state index contributed by atoms with van der Waals surface area (Å²) >= 11 is 2.76. The van der Waals surface area contributed by atoms with Gasteiger partial charge in [0.05, 0.1) is 11.4 Å². The van der Waals surface area contributed by atoms with Crippen molar-refractivity contribution in [2.75, 3.05) is 11.5 Å². The van der Waals surface area contributed by atoms with Crippen LogP contribution in [0.4, 0.5) is 11.4 Å². The maximum atomic E-state index is 13.5. The first kappa shape index (κ1) is 29.0. The summed E-state index contributed by atoms with van der Waals surface area (Å²) in [7, 11) is 0. The summed E-state index contributed by atoms with van der Waals surface area (Å²) in [6.07, 6.45) is 6.24. The Morgan fingerprint density at radius 2 is 1.04 bits per heavy atom. The van der Waals surface area contributed by atoms with Gasteiger partial charge in [0.25, 0.3) is 0 Å². The van der Waals surface area contributed by atoms with Gasteiger partial charge in [0.1, 0.15) is 19.4 Å². The Kier molecular flexibility index (Phi) is 7.03. The maximum absolute atomic E-state index is 13.5. The molecule has 4 aromatic heterocycles. The van der Waals surface area contributed by atoms with Crippen LogP contribution in [0.1, 0.15) is 79.7 Å². The smallest absolute Gasteiger partial charge is 0.205 e. The monoisotopic (exact) mass is 642 g/mol. The number of nitrogens with zero attached hydrogens (tertiary/aromatic N) is 2. The average molecular weight is 643 g/mol. The number of nitrogens with two attached hydrogens (primary N) is 2. The van der Waals surface area contributed by atoms with E-state index in [-0.39, 0.29) is 11.6 Å². The molecule has 0 saturated heterocycles. The molecule has 2 aromatic carbocycles. The summed E-state index contributed by atoms with van der Waals surface area (Å²) in [5, 5.41) is 1.77. The summed E-state index contributed by atoms with van der Waals surface area (Å²) in [6.45, 7) is 4.53. The number of ketones is 2. The van der Waals surface area contributed by atoms with Crippen LogP contribution in [0.25, 0.3) is 31.6 Å². The van der Waals surface area contributed by atoms with Crippen LogP contribution in [0.5, 0.6) is 0 Å². The molecule has 2 atom stereocenters. The molecule has 0 aliphatic heterocycles. The van der Waals surface area contributed by atoms with Crippen LogP contribution >= 0.6 is 22.7 Å². The van der Waals surface area contributed by atoms with Gasteiger partial charge in [-0.1, -0.05) is 62.4 Å². The molecule has 2 aliphatic rings. The van der Waals surface area contributed by atoms with Gasteiger partial charge in [0.2, 0.25) is 11.6 Å². The van der Waals surface area contributed by atoms with Crippen molar-refractivity contribution in [3.8, 4) is 11.1 Å². The van der Waals surface area contributed by atoms with Crippen molar-refractivity contribution in [2.45, 2.75) is 52.4 Å². The van der Waals surface area contributed by atoms with E-state index in [1.807, 2.05) is 48.5 Å². The minimum Gasteiger partial charge on any atom is -0.397 e. The zero-order chi connectivity index (χ0) is 31.7. The number of rotatable bonds is 5. The van der Waals surface area contributed by atoms with Crippen LogP contribution in [0.3, 0.4) is 0 Å². The van der Waals surface area contributed by atoms with Crippen LogP contribution in [0.2, 0.25) is 0 Å². The first-order valence-corrected chi connectivity index (χ1v) is 17.6. The molecule has 0 spiro atoms. The van der Waals surface area contributed by atoms with Gasteiger partial charge >= 0.3 is 0 Å². The van der Waals surface area contributed by atoms with Crippen molar-refractivity contribution >= 4 is 66.0 Å². The maximum Gasteiger partial charge on any atom is 0.205 e. The lowest BCUT2D eigenvalue weighted by molar-refractivity contribution is 0.103. The Morgan fingerprint density at radius 1 is 0.652 bits per heavy atom. The van der Waals surface area contributed by atoms with Gasteiger partial charge < -0.3 is 11.5 Å². The van der Waals surface area contributed by atoms with Gasteiger partial charge in [-0.3, -0.25) is 9.59 Å². The topological polar surface area (TPSA) is 112 Å². The van der Waals surface area contributed by atoms with E-state index in [0.717, 1.165) is 81.5 Å². The number of anilines is 2. The molecular weight excluding hydrogens is 609 g/mol. The van der Waals surface area contributed by atoms with E-state index in [1.54, 1.807) is 0 Å². The lowest BCUT2D eigenvalue weighted by atomic mass is 9.87. The highest BCUT2D eigenvalue weighted by Crippen LogP contribution is 2.39. The number of fused-ring (bicyclic) bond motifs is 4. The van der Waals surface area contributed by atoms with E-state index in [0.29, 0.717) is 44.1 Å². The first-order valence-electron chi connectivity index (χ1n) is 15.9. The average Bonchev–Trinajstić information content (AvgIpc) is 3.57. The van der Waals surface area contributed by atoms with Gasteiger partial charge in [-0.15, -0.1) is 22.7 Å². The number of hydrogen-bond donors (Lipinski definition) is 2. The molecular formula is C38H34N4O2S2. The zero-order valence-electron chi connectivity index (χ0n) is 25.9. The molecule has 4 N–H and O–H groups in total. The Labute approximate surface area is 275 Å². The number of pyridine rings is 2. The molecule has 0 amide bonds. The van der Waals surface area contributed by atoms with E-state index in [4.69, 9.17) is 21.4 Å². The minimum atomic E-state index is -0.0925. The Hall–Kier alpha value is -4.40. The second kappa shape index (κ2) is 11.1. The molecule has 2 unspecified atom stereocenters. The third-order valence-electron chi connectivity index (χ3n) is 9.70. The van der Waals surface area contributed by atoms with Crippen LogP contribution < -0.4 is 11.5 Å². The summed E-state index contributed by atoms with van der Waals surface area (Å²) < 4.78 is 0. The molecule has 4 heterocycles. The molecule has 46 heavy (non-hydrogen) atoms. The third-order valence-corrected chi connectivity index (χ3v) is 11.9. The van der Waals surface area contributed by atoms with Gasteiger partial charge in [-0.2, -0.15) is 0 Å². The van der Waals surface area contributed by atoms with Crippen LogP contribution in [0, 0.1) is 11.8 Å². The van der Waals surface area contributed by atoms with Crippen molar-refractivity contribution in [3.63, 3.8) is 0 Å². The Balaban J connectivity index is 1.02. The summed E-state index contributed by atoms with van der Waals surface area (Å²) in [4.78, 5) is 39.6. The Morgan fingerprint density at radius 3 is 1.43 bits per heavy atom. The fourth-order valence-corrected chi connectivity index (χ4v) is 9.09. The standard InChI is InChI=1S/C38H34N4O2S2/c1-19-3-13-29-25(15-19)17-27-31(39)35(45-37(27)41-29)33(43)23-9-5-21(6-10-23)22-7-11-24(12-8-22)34(44)36-32(40)28-18-26-16-20(2)4-14-30(26)42-38(28)46-36/h5-12,17-20H,3-4,13-16,39-40H2,1-2H3. The second-order valence-corrected chi connectivity index (χ2v) is 15.1. The molecule has 8 rings (SSSR count). The summed E-state index contributed by atoms with van der Waals surface area (Å²) in [6, 6.07) is 19.4. The van der Waals surface area contributed by atoms with Gasteiger partial charge in [0.15, 0.2) is 0 Å². The number of thiophene rings is 2. The highest BCUT2D eigenvalue weighted by molar-refractivity contribution is 7.21. The largest absolute Gasteiger partial charge is 0.397 e. The number of benzene rings is 2. The lowest BCUT2D eigenvalue weighted by Gasteiger charge is -2.20. The summed E-state index contributed by atoms with van der Waals surface area (Å²) in [5.41, 5.74) is 21.9. The quantitative estimate of drug-likeness (QED) is 0.183. The first-order chi connectivity index (χ1) is 22.2. The number of nitrogen functional groups attached to an aromatic ring is 2. The van der Waals surface area contributed by atoms with Crippen molar-refractivity contribution in [2.24, 2.45) is 11.8 Å². The van der Waals surface area contributed by atoms with Crippen molar-refractivity contribution < 1.29 is 9.59 Å². The van der Waals surface area contributed by atoms with E-state index in [1.165, 1.54) is 33.8 Å². The molecule has 230 valence electrons. The van der Waals surface area contributed by atoms with Crippen LogP contribution in [-0.2, 0) is 25.7 Å². The number of aromatic nitrogens is 2. The number of carbonyl (C=O) groups is 2. The van der Waals surface area contributed by atoms with Crippen LogP contribution in [-0.4, -0.2) is 21.5 Å². The molecule has 0 bridgehead atoms. The highest BCUT2D eigenvalue weighted by atomic mass is 32.1. The van der Waals surface area contributed by atoms with E-state index in [9.17, 15) is 9.59 Å². The molecule has 6 aromatic rings. The van der Waals surface area contributed by atoms with Crippen molar-refractivity contribution in [1.82, 2.24) is 9.97 Å².